The van der Waals surface area contributed by atoms with Crippen LogP contribution in [0.15, 0.2) is 38.1 Å². The van der Waals surface area contributed by atoms with E-state index < -0.39 is 44.6 Å². The van der Waals surface area contributed by atoms with Gasteiger partial charge in [-0.05, 0) is 34.1 Å². The normalized spacial score (nSPS) is 12.3. The molecule has 2 heterocycles. The van der Waals surface area contributed by atoms with E-state index in [2.05, 4.69) is 31.2 Å². The van der Waals surface area contributed by atoms with Crippen LogP contribution in [0.3, 0.4) is 0 Å². The van der Waals surface area contributed by atoms with E-state index in [1.807, 2.05) is 0 Å². The maximum Gasteiger partial charge on any atom is 0.436 e. The second-order valence-corrected chi connectivity index (χ2v) is 8.58. The number of halogens is 4. The first-order valence-electron chi connectivity index (χ1n) is 7.57. The van der Waals surface area contributed by atoms with Gasteiger partial charge in [0, 0.05) is 11.8 Å². The van der Waals surface area contributed by atoms with Crippen LogP contribution in [0, 0.1) is 0 Å². The number of alkyl halides is 3. The lowest BCUT2D eigenvalue weighted by atomic mass is 10.2. The number of carboxylic acids is 1. The molecular formula is C15H10BrF3N4O5S. The van der Waals surface area contributed by atoms with Crippen LogP contribution in [0.2, 0.25) is 0 Å². The Morgan fingerprint density at radius 1 is 1.28 bits per heavy atom. The number of hydrogen-bond acceptors (Lipinski definition) is 7. The van der Waals surface area contributed by atoms with Crippen LogP contribution in [-0.4, -0.2) is 45.7 Å². The van der Waals surface area contributed by atoms with Gasteiger partial charge in [0.25, 0.3) is 5.89 Å². The zero-order chi connectivity index (χ0) is 21.6. The molecule has 3 aromatic rings. The largest absolute Gasteiger partial charge is 0.480 e. The van der Waals surface area contributed by atoms with E-state index in [0.29, 0.717) is 4.68 Å². The number of aromatic nitrogens is 4. The van der Waals surface area contributed by atoms with Gasteiger partial charge in [-0.15, -0.1) is 10.2 Å². The van der Waals surface area contributed by atoms with Gasteiger partial charge in [0.05, 0.1) is 9.37 Å². The number of benzene rings is 1. The average molecular weight is 495 g/mol. The molecule has 9 nitrogen and oxygen atoms in total. The number of carboxylic acid groups (broad SMARTS) is 1. The lowest BCUT2D eigenvalue weighted by Crippen LogP contribution is -2.13. The minimum absolute atomic E-state index is 0.0220. The zero-order valence-electron chi connectivity index (χ0n) is 14.3. The van der Waals surface area contributed by atoms with E-state index in [0.717, 1.165) is 6.26 Å². The molecule has 0 aliphatic heterocycles. The molecule has 0 aliphatic carbocycles. The summed E-state index contributed by atoms with van der Waals surface area (Å²) in [4.78, 5) is 11.0. The highest BCUT2D eigenvalue weighted by Gasteiger charge is 2.40. The van der Waals surface area contributed by atoms with Gasteiger partial charge in [-0.3, -0.25) is 4.79 Å². The van der Waals surface area contributed by atoms with Gasteiger partial charge in [0.15, 0.2) is 15.5 Å². The van der Waals surface area contributed by atoms with Gasteiger partial charge < -0.3 is 9.52 Å². The summed E-state index contributed by atoms with van der Waals surface area (Å²) < 4.78 is 68.2. The van der Waals surface area contributed by atoms with Crippen LogP contribution in [0.1, 0.15) is 5.69 Å². The number of hydrogen-bond donors (Lipinski definition) is 1. The van der Waals surface area contributed by atoms with Crippen LogP contribution in [0.4, 0.5) is 13.2 Å². The Bertz CT molecular complexity index is 1200. The molecule has 0 saturated heterocycles. The van der Waals surface area contributed by atoms with Crippen LogP contribution >= 0.6 is 15.9 Å². The SMILES string of the molecule is CS(=O)(=O)c1cccc(-c2nnc(-c3c(Br)c(C(F)(F)F)nn3CC(=O)O)o2)c1. The number of carbonyl (C=O) groups is 1. The molecule has 2 aromatic heterocycles. The fourth-order valence-corrected chi connectivity index (χ4v) is 3.71. The molecular weight excluding hydrogens is 485 g/mol. The van der Waals surface area contributed by atoms with Gasteiger partial charge >= 0.3 is 12.1 Å². The van der Waals surface area contributed by atoms with E-state index in [1.54, 1.807) is 0 Å². The summed E-state index contributed by atoms with van der Waals surface area (Å²) in [6.45, 7) is -0.884. The van der Waals surface area contributed by atoms with Crippen molar-refractivity contribution in [2.75, 3.05) is 6.26 Å². The fourth-order valence-electron chi connectivity index (χ4n) is 2.36. The van der Waals surface area contributed by atoms with Gasteiger partial charge in [-0.2, -0.15) is 18.3 Å². The van der Waals surface area contributed by atoms with Crippen molar-refractivity contribution >= 4 is 31.7 Å². The van der Waals surface area contributed by atoms with Crippen LogP contribution in [0.25, 0.3) is 23.0 Å². The molecule has 29 heavy (non-hydrogen) atoms. The van der Waals surface area contributed by atoms with E-state index in [1.165, 1.54) is 24.3 Å². The first-order valence-corrected chi connectivity index (χ1v) is 10.3. The van der Waals surface area contributed by atoms with Crippen LogP contribution < -0.4 is 0 Å². The van der Waals surface area contributed by atoms with Crippen molar-refractivity contribution < 1.29 is 35.9 Å². The summed E-state index contributed by atoms with van der Waals surface area (Å²) in [5, 5.41) is 19.6. The molecule has 0 fully saturated rings. The molecule has 0 atom stereocenters. The van der Waals surface area contributed by atoms with Crippen molar-refractivity contribution in [2.45, 2.75) is 17.6 Å². The molecule has 154 valence electrons. The first-order chi connectivity index (χ1) is 13.4. The average Bonchev–Trinajstić information content (AvgIpc) is 3.18. The van der Waals surface area contributed by atoms with E-state index in [4.69, 9.17) is 9.52 Å². The third kappa shape index (κ3) is 4.32. The van der Waals surface area contributed by atoms with E-state index >= 15 is 0 Å². The lowest BCUT2D eigenvalue weighted by molar-refractivity contribution is -0.143. The van der Waals surface area contributed by atoms with Crippen molar-refractivity contribution in [3.63, 3.8) is 0 Å². The summed E-state index contributed by atoms with van der Waals surface area (Å²) in [6.07, 6.45) is -3.85. The van der Waals surface area contributed by atoms with E-state index in [-0.39, 0.29) is 22.0 Å². The highest BCUT2D eigenvalue weighted by molar-refractivity contribution is 9.10. The second-order valence-electron chi connectivity index (χ2n) is 5.77. The molecule has 3 rings (SSSR count). The van der Waals surface area contributed by atoms with Gasteiger partial charge in [-0.1, -0.05) is 6.07 Å². The molecule has 0 saturated carbocycles. The molecule has 0 bridgehead atoms. The Balaban J connectivity index is 2.11. The highest BCUT2D eigenvalue weighted by Crippen LogP contribution is 2.40. The van der Waals surface area contributed by atoms with Crippen molar-refractivity contribution in [3.8, 4) is 23.0 Å². The quantitative estimate of drug-likeness (QED) is 0.573. The Kier molecular flexibility index (Phi) is 5.25. The molecule has 0 amide bonds. The molecule has 1 aromatic carbocycles. The number of sulfone groups is 1. The third-order valence-corrected chi connectivity index (χ3v) is 5.45. The standard InChI is InChI=1S/C15H10BrF3N4O5S/c1-29(26,27)8-4-2-3-7(5-8)13-20-21-14(28-13)11-10(16)12(15(17,18)19)22-23(11)6-9(24)25/h2-5H,6H2,1H3,(H,24,25). The van der Waals surface area contributed by atoms with Crippen LogP contribution in [0.5, 0.6) is 0 Å². The lowest BCUT2D eigenvalue weighted by Gasteiger charge is -2.01. The summed E-state index contributed by atoms with van der Waals surface area (Å²) >= 11 is 2.76. The Labute approximate surface area is 169 Å². The predicted molar refractivity (Wildman–Crippen MR) is 94.4 cm³/mol. The molecule has 0 spiro atoms. The van der Waals surface area contributed by atoms with Crippen molar-refractivity contribution in [1.29, 1.82) is 0 Å². The molecule has 1 N–H and O–H groups in total. The number of nitrogens with zero attached hydrogens (tertiary/aromatic N) is 4. The van der Waals surface area contributed by atoms with Gasteiger partial charge in [0.2, 0.25) is 5.89 Å². The summed E-state index contributed by atoms with van der Waals surface area (Å²) in [6, 6.07) is 5.51. The number of rotatable bonds is 5. The molecule has 0 unspecified atom stereocenters. The monoisotopic (exact) mass is 494 g/mol. The highest BCUT2D eigenvalue weighted by atomic mass is 79.9. The zero-order valence-corrected chi connectivity index (χ0v) is 16.7. The van der Waals surface area contributed by atoms with Gasteiger partial charge in [-0.25, -0.2) is 13.1 Å². The molecule has 14 heteroatoms. The van der Waals surface area contributed by atoms with Gasteiger partial charge in [0.1, 0.15) is 12.2 Å². The summed E-state index contributed by atoms with van der Waals surface area (Å²) in [5.41, 5.74) is -1.52. The minimum atomic E-state index is -4.86. The Morgan fingerprint density at radius 2 is 1.93 bits per heavy atom. The molecule has 0 radical (unpaired) electrons. The number of aliphatic carboxylic acids is 1. The van der Waals surface area contributed by atoms with Crippen molar-refractivity contribution in [2.24, 2.45) is 0 Å². The molecule has 0 aliphatic rings. The smallest absolute Gasteiger partial charge is 0.436 e. The second kappa shape index (κ2) is 7.26. The third-order valence-electron chi connectivity index (χ3n) is 3.58. The first kappa shape index (κ1) is 21.0. The summed E-state index contributed by atoms with van der Waals surface area (Å²) in [7, 11) is -3.52. The maximum atomic E-state index is 13.1. The van der Waals surface area contributed by atoms with Crippen molar-refractivity contribution in [3.05, 3.63) is 34.4 Å². The van der Waals surface area contributed by atoms with Crippen LogP contribution in [-0.2, 0) is 27.4 Å². The van der Waals surface area contributed by atoms with Crippen molar-refractivity contribution in [1.82, 2.24) is 20.0 Å². The minimum Gasteiger partial charge on any atom is -0.480 e. The predicted octanol–water partition coefficient (Wildman–Crippen LogP) is 2.87. The van der Waals surface area contributed by atoms with E-state index in [9.17, 15) is 26.4 Å². The Hall–Kier alpha value is -2.74. The fraction of sp³-hybridized carbons (Fsp3) is 0.200. The topological polar surface area (TPSA) is 128 Å². The maximum absolute atomic E-state index is 13.1. The Morgan fingerprint density at radius 3 is 2.52 bits per heavy atom. The summed E-state index contributed by atoms with van der Waals surface area (Å²) in [5.74, 6) is -2.04.